The smallest absolute Gasteiger partial charge is 0.408 e. The number of furan rings is 1. The van der Waals surface area contributed by atoms with Crippen molar-refractivity contribution in [3.8, 4) is 11.5 Å². The van der Waals surface area contributed by atoms with Gasteiger partial charge in [-0.05, 0) is 96.6 Å². The van der Waals surface area contributed by atoms with Crippen LogP contribution in [-0.4, -0.2) is 89.8 Å². The Morgan fingerprint density at radius 1 is 1.07 bits per heavy atom. The number of halogens is 1. The van der Waals surface area contributed by atoms with Gasteiger partial charge in [0, 0.05) is 17.7 Å². The van der Waals surface area contributed by atoms with E-state index < -0.39 is 80.2 Å². The molecule has 4 aliphatic rings. The SMILES string of the molecule is CCOc1cccc2c1oc1c(O[C@@H]3C[C@H]4C(=O)N[C@]5(C(=O)NS(=O)(=O)C6CC6)C[C@H]5/C=C\CCCCC[C@H](NC(=O)OC(C)(C)C)C(=O)N4C3)c3cc(F)ccc3nc12. The summed E-state index contributed by atoms with van der Waals surface area (Å²) in [5, 5.41) is 5.86. The third-order valence-electron chi connectivity index (χ3n) is 11.4. The van der Waals surface area contributed by atoms with E-state index in [0.717, 1.165) is 12.8 Å². The fourth-order valence-corrected chi connectivity index (χ4v) is 9.59. The second kappa shape index (κ2) is 15.9. The highest BCUT2D eigenvalue weighted by molar-refractivity contribution is 7.91. The maximum Gasteiger partial charge on any atom is 0.408 e. The number of allylic oxidation sites excluding steroid dienone is 1. The van der Waals surface area contributed by atoms with Crippen molar-refractivity contribution < 1.29 is 50.6 Å². The molecule has 5 atom stereocenters. The van der Waals surface area contributed by atoms with Gasteiger partial charge in [0.15, 0.2) is 22.7 Å². The van der Waals surface area contributed by atoms with Crippen LogP contribution in [0.3, 0.4) is 0 Å². The number of fused-ring (bicyclic) bond motifs is 6. The van der Waals surface area contributed by atoms with Crippen molar-refractivity contribution in [3.05, 3.63) is 54.4 Å². The molecule has 0 spiro atoms. The lowest BCUT2D eigenvalue weighted by Crippen LogP contribution is -2.58. The zero-order chi connectivity index (χ0) is 42.6. The highest BCUT2D eigenvalue weighted by Gasteiger charge is 2.62. The number of amides is 4. The summed E-state index contributed by atoms with van der Waals surface area (Å²) in [4.78, 5) is 62.5. The van der Waals surface area contributed by atoms with Gasteiger partial charge in [-0.15, -0.1) is 0 Å². The normalized spacial score (nSPS) is 25.7. The molecule has 0 bridgehead atoms. The Morgan fingerprint density at radius 3 is 2.62 bits per heavy atom. The first-order chi connectivity index (χ1) is 28.6. The van der Waals surface area contributed by atoms with Gasteiger partial charge in [0.2, 0.25) is 21.8 Å². The molecule has 2 aliphatic heterocycles. The number of rotatable bonds is 8. The topological polar surface area (TPSA) is 195 Å². The van der Waals surface area contributed by atoms with E-state index in [1.807, 2.05) is 31.2 Å². The zero-order valence-electron chi connectivity index (χ0n) is 34.0. The standard InChI is InChI=1S/C43H50FN5O10S/c1-5-56-33-15-11-13-28-34-37(58-35(28)33)36(29-20-25(44)16-19-30(29)45-34)57-26-21-32-38(50)47-43(40(52)48-60(54,55)27-17-18-27)22-24(43)12-9-7-6-8-10-14-31(39(51)49(32)23-26)46-41(53)59-42(2,3)4/h9,11-13,15-16,19-20,24,26-27,31-32H,5-8,10,14,17-18,21-23H2,1-4H3,(H,46,53)(H,47,50)(H,48,52)/b12-9-/t24-,26-,31+,32+,43-/m1/s1. The van der Waals surface area contributed by atoms with Crippen LogP contribution in [0.15, 0.2) is 53.0 Å². The first kappa shape index (κ1) is 41.3. The van der Waals surface area contributed by atoms with E-state index in [-0.39, 0.29) is 37.1 Å². The van der Waals surface area contributed by atoms with Crippen LogP contribution in [0.5, 0.6) is 11.5 Å². The Bertz CT molecular complexity index is 2510. The van der Waals surface area contributed by atoms with Crippen molar-refractivity contribution >= 4 is 66.8 Å². The van der Waals surface area contributed by atoms with Crippen LogP contribution in [0.4, 0.5) is 9.18 Å². The number of sulfonamides is 1. The second-order valence-electron chi connectivity index (χ2n) is 17.1. The molecular weight excluding hydrogens is 798 g/mol. The average Bonchev–Trinajstić information content (AvgIpc) is 4.08. The van der Waals surface area contributed by atoms with Crippen LogP contribution < -0.4 is 24.8 Å². The van der Waals surface area contributed by atoms with E-state index >= 15 is 0 Å². The van der Waals surface area contributed by atoms with Crippen molar-refractivity contribution in [1.82, 2.24) is 25.2 Å². The zero-order valence-corrected chi connectivity index (χ0v) is 34.9. The van der Waals surface area contributed by atoms with E-state index in [9.17, 15) is 32.0 Å². The number of carbonyl (C=O) groups excluding carboxylic acids is 4. The Labute approximate surface area is 346 Å². The number of alkyl carbamates (subject to hydrolysis) is 1. The summed E-state index contributed by atoms with van der Waals surface area (Å²) in [6.07, 6.45) is 5.99. The molecule has 2 aromatic heterocycles. The van der Waals surface area contributed by atoms with Gasteiger partial charge < -0.3 is 34.2 Å². The van der Waals surface area contributed by atoms with Crippen molar-refractivity contribution in [2.24, 2.45) is 5.92 Å². The summed E-state index contributed by atoms with van der Waals surface area (Å²) in [7, 11) is -3.95. The third-order valence-corrected chi connectivity index (χ3v) is 13.2. The Morgan fingerprint density at radius 2 is 1.87 bits per heavy atom. The Hall–Kier alpha value is -5.45. The molecule has 3 N–H and O–H groups in total. The molecule has 4 heterocycles. The molecule has 4 amide bonds. The molecule has 1 saturated heterocycles. The highest BCUT2D eigenvalue weighted by atomic mass is 32.2. The highest BCUT2D eigenvalue weighted by Crippen LogP contribution is 2.47. The van der Waals surface area contributed by atoms with Crippen molar-refractivity contribution in [2.45, 2.75) is 120 Å². The van der Waals surface area contributed by atoms with Crippen LogP contribution in [0.1, 0.15) is 85.5 Å². The number of ether oxygens (including phenoxy) is 3. The predicted molar refractivity (Wildman–Crippen MR) is 219 cm³/mol. The van der Waals surface area contributed by atoms with Crippen LogP contribution in [-0.2, 0) is 29.1 Å². The lowest BCUT2D eigenvalue weighted by atomic mass is 10.0. The van der Waals surface area contributed by atoms with Gasteiger partial charge in [0.25, 0.3) is 5.91 Å². The van der Waals surface area contributed by atoms with E-state index in [4.69, 9.17) is 23.6 Å². The first-order valence-corrected chi connectivity index (χ1v) is 22.2. The summed E-state index contributed by atoms with van der Waals surface area (Å²) in [6.45, 7) is 7.19. The predicted octanol–water partition coefficient (Wildman–Crippen LogP) is 5.92. The number of carbonyl (C=O) groups is 4. The van der Waals surface area contributed by atoms with Crippen LogP contribution in [0.25, 0.3) is 33.0 Å². The molecule has 8 rings (SSSR count). The van der Waals surface area contributed by atoms with Crippen LogP contribution >= 0.6 is 0 Å². The number of nitrogens with one attached hydrogen (secondary N) is 3. The number of hydrogen-bond acceptors (Lipinski definition) is 11. The van der Waals surface area contributed by atoms with Gasteiger partial charge in [-0.2, -0.15) is 0 Å². The molecule has 4 aromatic rings. The summed E-state index contributed by atoms with van der Waals surface area (Å²) in [5.74, 6) is -2.52. The summed E-state index contributed by atoms with van der Waals surface area (Å²) in [5.41, 5.74) is -0.961. The van der Waals surface area contributed by atoms with Gasteiger partial charge in [-0.1, -0.05) is 31.1 Å². The maximum atomic E-state index is 14.9. The lowest BCUT2D eigenvalue weighted by Gasteiger charge is -2.30. The van der Waals surface area contributed by atoms with Crippen LogP contribution in [0.2, 0.25) is 0 Å². The fourth-order valence-electron chi connectivity index (χ4n) is 8.23. The molecule has 60 heavy (non-hydrogen) atoms. The number of nitrogens with zero attached hydrogens (tertiary/aromatic N) is 2. The van der Waals surface area contributed by atoms with Gasteiger partial charge in [0.05, 0.1) is 29.3 Å². The van der Waals surface area contributed by atoms with Gasteiger partial charge in [0.1, 0.15) is 40.7 Å². The largest absolute Gasteiger partial charge is 0.490 e. The monoisotopic (exact) mass is 847 g/mol. The number of hydrogen-bond donors (Lipinski definition) is 3. The Balaban J connectivity index is 1.17. The van der Waals surface area contributed by atoms with Gasteiger partial charge in [-0.25, -0.2) is 22.6 Å². The van der Waals surface area contributed by atoms with Crippen molar-refractivity contribution in [3.63, 3.8) is 0 Å². The average molecular weight is 848 g/mol. The quantitative estimate of drug-likeness (QED) is 0.178. The molecule has 320 valence electrons. The molecule has 3 fully saturated rings. The summed E-state index contributed by atoms with van der Waals surface area (Å²) in [6, 6.07) is 7.17. The molecule has 0 unspecified atom stereocenters. The molecule has 0 radical (unpaired) electrons. The number of aromatic nitrogens is 1. The second-order valence-corrected chi connectivity index (χ2v) is 19.1. The minimum absolute atomic E-state index is 0.0830. The molecule has 15 nitrogen and oxygen atoms in total. The Kier molecular flexibility index (Phi) is 10.9. The van der Waals surface area contributed by atoms with E-state index in [1.165, 1.54) is 23.1 Å². The molecular formula is C43H50FN5O10S. The molecule has 2 aliphatic carbocycles. The lowest BCUT2D eigenvalue weighted by molar-refractivity contribution is -0.141. The van der Waals surface area contributed by atoms with E-state index in [1.54, 1.807) is 26.8 Å². The first-order valence-electron chi connectivity index (χ1n) is 20.7. The van der Waals surface area contributed by atoms with Crippen LogP contribution in [0, 0.1) is 11.7 Å². The van der Waals surface area contributed by atoms with Crippen molar-refractivity contribution in [2.75, 3.05) is 13.2 Å². The molecule has 2 aromatic carbocycles. The van der Waals surface area contributed by atoms with Gasteiger partial charge >= 0.3 is 6.09 Å². The van der Waals surface area contributed by atoms with E-state index in [0.29, 0.717) is 65.4 Å². The maximum absolute atomic E-state index is 14.9. The third kappa shape index (κ3) is 8.32. The van der Waals surface area contributed by atoms with E-state index in [2.05, 4.69) is 15.4 Å². The van der Waals surface area contributed by atoms with Crippen molar-refractivity contribution in [1.29, 1.82) is 0 Å². The molecule has 17 heteroatoms. The summed E-state index contributed by atoms with van der Waals surface area (Å²) >= 11 is 0. The van der Waals surface area contributed by atoms with Gasteiger partial charge in [-0.3, -0.25) is 19.1 Å². The number of para-hydroxylation sites is 1. The molecule has 2 saturated carbocycles. The number of benzene rings is 2. The number of pyridine rings is 1. The minimum atomic E-state index is -3.95. The minimum Gasteiger partial charge on any atom is -0.490 e. The summed E-state index contributed by atoms with van der Waals surface area (Å²) < 4.78 is 67.5. The fraction of sp³-hybridized carbons (Fsp3) is 0.512.